The summed E-state index contributed by atoms with van der Waals surface area (Å²) >= 11 is 0. The summed E-state index contributed by atoms with van der Waals surface area (Å²) in [5.74, 6) is -1.44. The quantitative estimate of drug-likeness (QED) is 0.535. The molecule has 6 heteroatoms. The van der Waals surface area contributed by atoms with E-state index in [0.717, 1.165) is 22.2 Å². The topological polar surface area (TPSA) is 84.2 Å². The highest BCUT2D eigenvalue weighted by Crippen LogP contribution is 2.25. The second-order valence-corrected chi connectivity index (χ2v) is 6.82. The van der Waals surface area contributed by atoms with Gasteiger partial charge in [-0.3, -0.25) is 9.78 Å². The van der Waals surface area contributed by atoms with Crippen LogP contribution in [0.3, 0.4) is 0 Å². The summed E-state index contributed by atoms with van der Waals surface area (Å²) in [7, 11) is 0. The number of amides is 1. The standard InChI is InChI=1S/C23H19N3O3/c1-15-9-10-21-18(12-15)19(14-26(21)13-16-6-4-5-11-24-16)22(27)25-20-8-3-2-7-17(20)23(28)29/h2-12,14H,13H2,1H3,(H,25,27)(H,28,29). The zero-order chi connectivity index (χ0) is 20.4. The first kappa shape index (κ1) is 18.4. The van der Waals surface area contributed by atoms with Crippen LogP contribution >= 0.6 is 0 Å². The van der Waals surface area contributed by atoms with Crippen molar-refractivity contribution in [2.75, 3.05) is 5.32 Å². The molecule has 6 nitrogen and oxygen atoms in total. The fourth-order valence-corrected chi connectivity index (χ4v) is 3.36. The number of carboxylic acids is 1. The van der Waals surface area contributed by atoms with Crippen LogP contribution < -0.4 is 5.32 Å². The molecule has 4 aromatic rings. The molecule has 0 radical (unpaired) electrons. The number of hydrogen-bond acceptors (Lipinski definition) is 3. The summed E-state index contributed by atoms with van der Waals surface area (Å²) in [4.78, 5) is 28.9. The van der Waals surface area contributed by atoms with Crippen LogP contribution in [0, 0.1) is 6.92 Å². The van der Waals surface area contributed by atoms with E-state index in [9.17, 15) is 14.7 Å². The van der Waals surface area contributed by atoms with Crippen molar-refractivity contribution < 1.29 is 14.7 Å². The maximum Gasteiger partial charge on any atom is 0.337 e. The smallest absolute Gasteiger partial charge is 0.337 e. The molecule has 144 valence electrons. The van der Waals surface area contributed by atoms with Gasteiger partial charge in [0.2, 0.25) is 0 Å². The highest BCUT2D eigenvalue weighted by atomic mass is 16.4. The summed E-state index contributed by atoms with van der Waals surface area (Å²) in [6, 6.07) is 18.0. The molecule has 2 aromatic carbocycles. The number of aromatic nitrogens is 2. The average molecular weight is 385 g/mol. The molecule has 1 amide bonds. The summed E-state index contributed by atoms with van der Waals surface area (Å²) < 4.78 is 1.98. The summed E-state index contributed by atoms with van der Waals surface area (Å²) in [5, 5.41) is 12.9. The molecule has 2 N–H and O–H groups in total. The number of nitrogens with zero attached hydrogens (tertiary/aromatic N) is 2. The first-order valence-corrected chi connectivity index (χ1v) is 9.16. The molecular formula is C23H19N3O3. The molecule has 0 spiro atoms. The maximum absolute atomic E-state index is 13.0. The van der Waals surface area contributed by atoms with Crippen molar-refractivity contribution in [2.24, 2.45) is 0 Å². The number of pyridine rings is 1. The van der Waals surface area contributed by atoms with Crippen LogP contribution in [0.2, 0.25) is 0 Å². The van der Waals surface area contributed by atoms with E-state index in [2.05, 4.69) is 10.3 Å². The van der Waals surface area contributed by atoms with Gasteiger partial charge in [0.15, 0.2) is 0 Å². The fourth-order valence-electron chi connectivity index (χ4n) is 3.36. The predicted molar refractivity (Wildman–Crippen MR) is 111 cm³/mol. The molecule has 0 fully saturated rings. The van der Waals surface area contributed by atoms with Gasteiger partial charge >= 0.3 is 5.97 Å². The number of anilines is 1. The molecule has 0 aliphatic carbocycles. The van der Waals surface area contributed by atoms with E-state index in [4.69, 9.17) is 0 Å². The number of hydrogen-bond donors (Lipinski definition) is 2. The van der Waals surface area contributed by atoms with E-state index in [-0.39, 0.29) is 17.2 Å². The van der Waals surface area contributed by atoms with Crippen molar-refractivity contribution >= 4 is 28.5 Å². The minimum atomic E-state index is -1.09. The molecule has 0 aliphatic heterocycles. The Morgan fingerprint density at radius 3 is 2.59 bits per heavy atom. The van der Waals surface area contributed by atoms with Gasteiger partial charge in [-0.15, -0.1) is 0 Å². The molecule has 4 rings (SSSR count). The molecule has 2 heterocycles. The van der Waals surface area contributed by atoms with E-state index in [1.807, 2.05) is 47.9 Å². The van der Waals surface area contributed by atoms with Crippen molar-refractivity contribution in [1.29, 1.82) is 0 Å². The Morgan fingerprint density at radius 1 is 1.03 bits per heavy atom. The highest BCUT2D eigenvalue weighted by molar-refractivity contribution is 6.14. The Kier molecular flexibility index (Phi) is 4.83. The minimum absolute atomic E-state index is 0.0502. The van der Waals surface area contributed by atoms with Gasteiger partial charge in [-0.05, 0) is 43.3 Å². The van der Waals surface area contributed by atoms with Crippen LogP contribution in [0.5, 0.6) is 0 Å². The molecule has 0 saturated heterocycles. The molecule has 29 heavy (non-hydrogen) atoms. The lowest BCUT2D eigenvalue weighted by atomic mass is 10.1. The van der Waals surface area contributed by atoms with E-state index in [1.165, 1.54) is 6.07 Å². The van der Waals surface area contributed by atoms with Gasteiger partial charge in [0.25, 0.3) is 5.91 Å². The fraction of sp³-hybridized carbons (Fsp3) is 0.0870. The van der Waals surface area contributed by atoms with Crippen molar-refractivity contribution in [3.8, 4) is 0 Å². The number of aromatic carboxylic acids is 1. The number of fused-ring (bicyclic) bond motifs is 1. The number of para-hydroxylation sites is 1. The lowest BCUT2D eigenvalue weighted by molar-refractivity contribution is 0.0698. The average Bonchev–Trinajstić information content (AvgIpc) is 3.06. The van der Waals surface area contributed by atoms with Gasteiger partial charge < -0.3 is 15.0 Å². The van der Waals surface area contributed by atoms with Gasteiger partial charge in [0.1, 0.15) is 0 Å². The number of aryl methyl sites for hydroxylation is 1. The molecular weight excluding hydrogens is 366 g/mol. The van der Waals surface area contributed by atoms with E-state index >= 15 is 0 Å². The second kappa shape index (κ2) is 7.59. The number of nitrogens with one attached hydrogen (secondary N) is 1. The largest absolute Gasteiger partial charge is 0.478 e. The lowest BCUT2D eigenvalue weighted by Crippen LogP contribution is -2.14. The van der Waals surface area contributed by atoms with Gasteiger partial charge in [0, 0.05) is 23.3 Å². The van der Waals surface area contributed by atoms with Crippen molar-refractivity contribution in [3.63, 3.8) is 0 Å². The van der Waals surface area contributed by atoms with E-state index in [1.54, 1.807) is 30.6 Å². The third-order valence-electron chi connectivity index (χ3n) is 4.75. The number of rotatable bonds is 5. The van der Waals surface area contributed by atoms with Gasteiger partial charge in [0.05, 0.1) is 29.1 Å². The molecule has 0 unspecified atom stereocenters. The molecule has 0 bridgehead atoms. The van der Waals surface area contributed by atoms with E-state index in [0.29, 0.717) is 12.1 Å². The second-order valence-electron chi connectivity index (χ2n) is 6.82. The van der Waals surface area contributed by atoms with Crippen molar-refractivity contribution in [1.82, 2.24) is 9.55 Å². The van der Waals surface area contributed by atoms with E-state index < -0.39 is 5.97 Å². The Bertz CT molecular complexity index is 1210. The van der Waals surface area contributed by atoms with Crippen LogP contribution in [0.15, 0.2) is 73.1 Å². The summed E-state index contributed by atoms with van der Waals surface area (Å²) in [6.45, 7) is 2.50. The predicted octanol–water partition coefficient (Wildman–Crippen LogP) is 4.34. The first-order valence-electron chi connectivity index (χ1n) is 9.16. The minimum Gasteiger partial charge on any atom is -0.478 e. The number of benzene rings is 2. The first-order chi connectivity index (χ1) is 14.0. The Labute approximate surface area is 167 Å². The van der Waals surface area contributed by atoms with Crippen molar-refractivity contribution in [2.45, 2.75) is 13.5 Å². The SMILES string of the molecule is Cc1ccc2c(c1)c(C(=O)Nc1ccccc1C(=O)O)cn2Cc1ccccn1. The molecule has 0 atom stereocenters. The third kappa shape index (κ3) is 3.73. The zero-order valence-electron chi connectivity index (χ0n) is 15.8. The van der Waals surface area contributed by atoms with Crippen LogP contribution in [-0.4, -0.2) is 26.5 Å². The van der Waals surface area contributed by atoms with Gasteiger partial charge in [-0.1, -0.05) is 29.8 Å². The summed E-state index contributed by atoms with van der Waals surface area (Å²) in [6.07, 6.45) is 3.53. The number of carbonyl (C=O) groups excluding carboxylic acids is 1. The zero-order valence-corrected chi connectivity index (χ0v) is 15.8. The van der Waals surface area contributed by atoms with Crippen LogP contribution in [0.1, 0.15) is 32.0 Å². The number of carbonyl (C=O) groups is 2. The molecule has 2 aromatic heterocycles. The Morgan fingerprint density at radius 2 is 1.83 bits per heavy atom. The monoisotopic (exact) mass is 385 g/mol. The third-order valence-corrected chi connectivity index (χ3v) is 4.75. The maximum atomic E-state index is 13.0. The molecule has 0 saturated carbocycles. The van der Waals surface area contributed by atoms with Crippen molar-refractivity contribution in [3.05, 3.63) is 95.4 Å². The lowest BCUT2D eigenvalue weighted by Gasteiger charge is -2.07. The van der Waals surface area contributed by atoms with Gasteiger partial charge in [-0.25, -0.2) is 4.79 Å². The van der Waals surface area contributed by atoms with Crippen LogP contribution in [0.4, 0.5) is 5.69 Å². The van der Waals surface area contributed by atoms with Gasteiger partial charge in [-0.2, -0.15) is 0 Å². The van der Waals surface area contributed by atoms with Crippen LogP contribution in [-0.2, 0) is 6.54 Å². The Balaban J connectivity index is 1.74. The number of carboxylic acid groups (broad SMARTS) is 1. The summed E-state index contributed by atoms with van der Waals surface area (Å²) in [5.41, 5.74) is 3.64. The van der Waals surface area contributed by atoms with Crippen LogP contribution in [0.25, 0.3) is 10.9 Å². The normalized spacial score (nSPS) is 10.8. The highest BCUT2D eigenvalue weighted by Gasteiger charge is 2.18. The Hall–Kier alpha value is -3.93. The molecule has 0 aliphatic rings.